The molecule has 0 saturated carbocycles. The van der Waals surface area contributed by atoms with Gasteiger partial charge in [0.15, 0.2) is 0 Å². The summed E-state index contributed by atoms with van der Waals surface area (Å²) >= 11 is 1.59. The number of carbonyl (C=O) groups excluding carboxylic acids is 1. The van der Waals surface area contributed by atoms with Crippen LogP contribution in [-0.2, 0) is 4.74 Å². The van der Waals surface area contributed by atoms with Crippen LogP contribution in [0.2, 0.25) is 0 Å². The molecule has 21 heavy (non-hydrogen) atoms. The smallest absolute Gasteiger partial charge is 0.407 e. The van der Waals surface area contributed by atoms with Gasteiger partial charge in [-0.1, -0.05) is 0 Å². The minimum atomic E-state index is -0.464. The zero-order valence-electron chi connectivity index (χ0n) is 12.5. The normalized spacial score (nSPS) is 11.4. The predicted molar refractivity (Wildman–Crippen MR) is 84.8 cm³/mol. The molecule has 2 aromatic rings. The largest absolute Gasteiger partial charge is 0.444 e. The van der Waals surface area contributed by atoms with Gasteiger partial charge >= 0.3 is 6.09 Å². The highest BCUT2D eigenvalue weighted by atomic mass is 32.1. The second-order valence-electron chi connectivity index (χ2n) is 5.57. The van der Waals surface area contributed by atoms with Crippen LogP contribution in [0.1, 0.15) is 27.2 Å². The number of nitrogens with zero attached hydrogens (tertiary/aromatic N) is 2. The van der Waals surface area contributed by atoms with Gasteiger partial charge in [0.2, 0.25) is 0 Å². The Morgan fingerprint density at radius 2 is 2.14 bits per heavy atom. The summed E-state index contributed by atoms with van der Waals surface area (Å²) in [5.41, 5.74) is -0.464. The fourth-order valence-electron chi connectivity index (χ4n) is 1.73. The van der Waals surface area contributed by atoms with E-state index >= 15 is 0 Å². The monoisotopic (exact) mass is 308 g/mol. The number of amides is 1. The van der Waals surface area contributed by atoms with Gasteiger partial charge in [0.25, 0.3) is 0 Å². The van der Waals surface area contributed by atoms with Gasteiger partial charge in [0.1, 0.15) is 22.6 Å². The fraction of sp³-hybridized carbons (Fsp3) is 0.500. The van der Waals surface area contributed by atoms with Crippen LogP contribution >= 0.6 is 11.3 Å². The first kappa shape index (κ1) is 15.5. The standard InChI is InChI=1S/C14H20N4O2S/c1-14(2,3)20-13(19)16-7-4-6-15-11-10-5-8-21-12(10)18-9-17-11/h5,8-9H,4,6-7H2,1-3H3,(H,16,19)(H,15,17,18). The molecule has 0 bridgehead atoms. The van der Waals surface area contributed by atoms with Crippen LogP contribution in [0.15, 0.2) is 17.8 Å². The Labute approximate surface area is 127 Å². The first-order valence-electron chi connectivity index (χ1n) is 6.84. The maximum Gasteiger partial charge on any atom is 0.407 e. The van der Waals surface area contributed by atoms with E-state index in [9.17, 15) is 4.79 Å². The summed E-state index contributed by atoms with van der Waals surface area (Å²) in [7, 11) is 0. The lowest BCUT2D eigenvalue weighted by Gasteiger charge is -2.19. The second kappa shape index (κ2) is 6.71. The Morgan fingerprint density at radius 1 is 1.33 bits per heavy atom. The fourth-order valence-corrected chi connectivity index (χ4v) is 2.46. The van der Waals surface area contributed by atoms with Gasteiger partial charge in [-0.25, -0.2) is 14.8 Å². The van der Waals surface area contributed by atoms with Gasteiger partial charge in [-0.05, 0) is 38.6 Å². The highest BCUT2D eigenvalue weighted by Crippen LogP contribution is 2.23. The van der Waals surface area contributed by atoms with Crippen LogP contribution in [0.5, 0.6) is 0 Å². The van der Waals surface area contributed by atoms with Gasteiger partial charge in [-0.2, -0.15) is 0 Å². The Hall–Kier alpha value is -1.89. The molecule has 7 heteroatoms. The molecule has 6 nitrogen and oxygen atoms in total. The number of fused-ring (bicyclic) bond motifs is 1. The number of hydrogen-bond donors (Lipinski definition) is 2. The zero-order valence-corrected chi connectivity index (χ0v) is 13.3. The summed E-state index contributed by atoms with van der Waals surface area (Å²) in [4.78, 5) is 20.9. The zero-order chi connectivity index (χ0) is 15.3. The van der Waals surface area contributed by atoms with Gasteiger partial charge in [-0.15, -0.1) is 11.3 Å². The van der Waals surface area contributed by atoms with E-state index in [2.05, 4.69) is 20.6 Å². The van der Waals surface area contributed by atoms with E-state index in [0.717, 1.165) is 29.0 Å². The summed E-state index contributed by atoms with van der Waals surface area (Å²) in [6, 6.07) is 2.00. The molecule has 2 rings (SSSR count). The first-order chi connectivity index (χ1) is 9.96. The summed E-state index contributed by atoms with van der Waals surface area (Å²) < 4.78 is 5.16. The number of anilines is 1. The van der Waals surface area contributed by atoms with E-state index in [1.807, 2.05) is 32.2 Å². The molecule has 2 N–H and O–H groups in total. The molecule has 114 valence electrons. The molecule has 0 spiro atoms. The third kappa shape index (κ3) is 4.86. The first-order valence-corrected chi connectivity index (χ1v) is 7.72. The van der Waals surface area contributed by atoms with Crippen LogP contribution in [0.3, 0.4) is 0 Å². The number of hydrogen-bond acceptors (Lipinski definition) is 6. The number of ether oxygens (including phenoxy) is 1. The molecule has 2 aromatic heterocycles. The Morgan fingerprint density at radius 3 is 2.90 bits per heavy atom. The van der Waals surface area contributed by atoms with E-state index in [0.29, 0.717) is 6.54 Å². The second-order valence-corrected chi connectivity index (χ2v) is 6.47. The number of rotatable bonds is 5. The Kier molecular flexibility index (Phi) is 4.95. The minimum absolute atomic E-state index is 0.384. The molecular weight excluding hydrogens is 288 g/mol. The van der Waals surface area contributed by atoms with Crippen LogP contribution in [0.4, 0.5) is 10.6 Å². The number of aromatic nitrogens is 2. The average molecular weight is 308 g/mol. The van der Waals surface area contributed by atoms with Crippen LogP contribution in [-0.4, -0.2) is 34.8 Å². The minimum Gasteiger partial charge on any atom is -0.444 e. The van der Waals surface area contributed by atoms with Crippen molar-refractivity contribution in [2.45, 2.75) is 32.8 Å². The third-order valence-corrected chi connectivity index (χ3v) is 3.40. The molecule has 0 radical (unpaired) electrons. The Bertz CT molecular complexity index is 606. The predicted octanol–water partition coefficient (Wildman–Crippen LogP) is 3.02. The molecule has 0 atom stereocenters. The van der Waals surface area contributed by atoms with E-state index in [-0.39, 0.29) is 6.09 Å². The third-order valence-electron chi connectivity index (χ3n) is 2.58. The Balaban J connectivity index is 1.71. The lowest BCUT2D eigenvalue weighted by molar-refractivity contribution is 0.0528. The molecule has 0 aliphatic carbocycles. The summed E-state index contributed by atoms with van der Waals surface area (Å²) in [5.74, 6) is 0.832. The lowest BCUT2D eigenvalue weighted by atomic mass is 10.2. The van der Waals surface area contributed by atoms with E-state index < -0.39 is 5.60 Å². The van der Waals surface area contributed by atoms with Crippen molar-refractivity contribution in [2.75, 3.05) is 18.4 Å². The highest BCUT2D eigenvalue weighted by molar-refractivity contribution is 7.16. The van der Waals surface area contributed by atoms with E-state index in [4.69, 9.17) is 4.74 Å². The van der Waals surface area contributed by atoms with Crippen molar-refractivity contribution in [1.82, 2.24) is 15.3 Å². The quantitative estimate of drug-likeness (QED) is 0.830. The van der Waals surface area contributed by atoms with E-state index in [1.165, 1.54) is 0 Å². The summed E-state index contributed by atoms with van der Waals surface area (Å²) in [5, 5.41) is 9.01. The molecule has 0 unspecified atom stereocenters. The number of alkyl carbamates (subject to hydrolysis) is 1. The molecular formula is C14H20N4O2S. The van der Waals surface area contributed by atoms with Gasteiger partial charge in [0.05, 0.1) is 5.39 Å². The van der Waals surface area contributed by atoms with Crippen molar-refractivity contribution >= 4 is 33.5 Å². The number of thiophene rings is 1. The number of carbonyl (C=O) groups is 1. The topological polar surface area (TPSA) is 76.1 Å². The molecule has 2 heterocycles. The van der Waals surface area contributed by atoms with Crippen LogP contribution in [0, 0.1) is 0 Å². The van der Waals surface area contributed by atoms with Crippen LogP contribution in [0.25, 0.3) is 10.2 Å². The summed E-state index contributed by atoms with van der Waals surface area (Å²) in [6.45, 7) is 6.80. The van der Waals surface area contributed by atoms with Crippen molar-refractivity contribution < 1.29 is 9.53 Å². The van der Waals surface area contributed by atoms with Crippen LogP contribution < -0.4 is 10.6 Å². The molecule has 0 aliphatic rings. The molecule has 0 saturated heterocycles. The summed E-state index contributed by atoms with van der Waals surface area (Å²) in [6.07, 6.45) is 1.96. The lowest BCUT2D eigenvalue weighted by Crippen LogP contribution is -2.33. The van der Waals surface area contributed by atoms with Crippen molar-refractivity contribution in [2.24, 2.45) is 0 Å². The van der Waals surface area contributed by atoms with Gasteiger partial charge in [0, 0.05) is 13.1 Å². The van der Waals surface area contributed by atoms with Gasteiger partial charge in [-0.3, -0.25) is 0 Å². The average Bonchev–Trinajstić information content (AvgIpc) is 2.85. The molecule has 0 aliphatic heterocycles. The van der Waals surface area contributed by atoms with Gasteiger partial charge < -0.3 is 15.4 Å². The van der Waals surface area contributed by atoms with Crippen molar-refractivity contribution in [1.29, 1.82) is 0 Å². The van der Waals surface area contributed by atoms with Crippen molar-refractivity contribution in [3.05, 3.63) is 17.8 Å². The molecule has 0 fully saturated rings. The van der Waals surface area contributed by atoms with Crippen molar-refractivity contribution in [3.8, 4) is 0 Å². The highest BCUT2D eigenvalue weighted by Gasteiger charge is 2.15. The van der Waals surface area contributed by atoms with E-state index in [1.54, 1.807) is 17.7 Å². The van der Waals surface area contributed by atoms with Crippen molar-refractivity contribution in [3.63, 3.8) is 0 Å². The molecule has 0 aromatic carbocycles. The number of nitrogens with one attached hydrogen (secondary N) is 2. The SMILES string of the molecule is CC(C)(C)OC(=O)NCCCNc1ncnc2sccc12. The maximum atomic E-state index is 11.5. The maximum absolute atomic E-state index is 11.5. The molecule has 1 amide bonds.